The summed E-state index contributed by atoms with van der Waals surface area (Å²) in [4.78, 5) is 16.6. The Hall–Kier alpha value is -1.95. The smallest absolute Gasteiger partial charge is 0.317 e. The maximum Gasteiger partial charge on any atom is 0.317 e. The molecule has 6 heteroatoms. The van der Waals surface area contributed by atoms with Gasteiger partial charge in [-0.2, -0.15) is 0 Å². The number of nitrogens with zero attached hydrogens (tertiary/aromatic N) is 2. The molecule has 1 N–H and O–H groups in total. The van der Waals surface area contributed by atoms with E-state index in [2.05, 4.69) is 24.1 Å². The third-order valence-electron chi connectivity index (χ3n) is 4.17. The standard InChI is InChI=1S/C18H29N3O3/c1-14(2)13-20-7-9-21(10-8-20)18(22)19-12-15-5-6-16(23-3)17(11-15)24-4/h5-6,11,14H,7-10,12-13H2,1-4H3,(H,19,22). The number of amides is 2. The molecule has 1 aromatic carbocycles. The van der Waals surface area contributed by atoms with E-state index in [1.807, 2.05) is 23.1 Å². The van der Waals surface area contributed by atoms with E-state index >= 15 is 0 Å². The van der Waals surface area contributed by atoms with Gasteiger partial charge in [-0.05, 0) is 23.6 Å². The molecular formula is C18H29N3O3. The van der Waals surface area contributed by atoms with Crippen molar-refractivity contribution < 1.29 is 14.3 Å². The fraction of sp³-hybridized carbons (Fsp3) is 0.611. The molecule has 134 valence electrons. The molecule has 0 aliphatic carbocycles. The van der Waals surface area contributed by atoms with E-state index in [0.29, 0.717) is 24.0 Å². The molecule has 1 saturated heterocycles. The van der Waals surface area contributed by atoms with Crippen LogP contribution in [0.5, 0.6) is 11.5 Å². The first-order valence-corrected chi connectivity index (χ1v) is 8.49. The number of ether oxygens (including phenoxy) is 2. The minimum atomic E-state index is -0.00557. The molecule has 0 spiro atoms. The lowest BCUT2D eigenvalue weighted by Gasteiger charge is -2.35. The van der Waals surface area contributed by atoms with Crippen LogP contribution in [0.1, 0.15) is 19.4 Å². The Kier molecular flexibility index (Phi) is 6.73. The maximum atomic E-state index is 12.3. The van der Waals surface area contributed by atoms with Crippen LogP contribution >= 0.6 is 0 Å². The number of hydrogen-bond acceptors (Lipinski definition) is 4. The monoisotopic (exact) mass is 335 g/mol. The molecular weight excluding hydrogens is 306 g/mol. The Balaban J connectivity index is 1.81. The van der Waals surface area contributed by atoms with E-state index in [9.17, 15) is 4.79 Å². The Labute approximate surface area is 144 Å². The number of nitrogens with one attached hydrogen (secondary N) is 1. The van der Waals surface area contributed by atoms with E-state index in [-0.39, 0.29) is 6.03 Å². The van der Waals surface area contributed by atoms with Crippen molar-refractivity contribution in [2.75, 3.05) is 46.9 Å². The molecule has 1 aliphatic rings. The van der Waals surface area contributed by atoms with Gasteiger partial charge < -0.3 is 19.7 Å². The van der Waals surface area contributed by atoms with Gasteiger partial charge in [-0.3, -0.25) is 4.90 Å². The third-order valence-corrected chi connectivity index (χ3v) is 4.17. The van der Waals surface area contributed by atoms with Crippen molar-refractivity contribution in [3.05, 3.63) is 23.8 Å². The summed E-state index contributed by atoms with van der Waals surface area (Å²) < 4.78 is 10.5. The van der Waals surface area contributed by atoms with Crippen LogP contribution < -0.4 is 14.8 Å². The molecule has 1 fully saturated rings. The third kappa shape index (κ3) is 5.03. The topological polar surface area (TPSA) is 54.0 Å². The van der Waals surface area contributed by atoms with Crippen LogP contribution in [-0.4, -0.2) is 62.8 Å². The second-order valence-electron chi connectivity index (χ2n) is 6.53. The highest BCUT2D eigenvalue weighted by Gasteiger charge is 2.21. The highest BCUT2D eigenvalue weighted by Crippen LogP contribution is 2.27. The molecule has 0 radical (unpaired) electrons. The van der Waals surface area contributed by atoms with Crippen molar-refractivity contribution in [3.8, 4) is 11.5 Å². The number of hydrogen-bond donors (Lipinski definition) is 1. The summed E-state index contributed by atoms with van der Waals surface area (Å²) >= 11 is 0. The summed E-state index contributed by atoms with van der Waals surface area (Å²) in [5, 5.41) is 2.99. The van der Waals surface area contributed by atoms with Crippen molar-refractivity contribution in [1.82, 2.24) is 15.1 Å². The van der Waals surface area contributed by atoms with Crippen LogP contribution in [0, 0.1) is 5.92 Å². The van der Waals surface area contributed by atoms with Crippen molar-refractivity contribution in [2.45, 2.75) is 20.4 Å². The van der Waals surface area contributed by atoms with Gasteiger partial charge in [-0.25, -0.2) is 4.79 Å². The van der Waals surface area contributed by atoms with E-state index < -0.39 is 0 Å². The molecule has 2 rings (SSSR count). The van der Waals surface area contributed by atoms with Gasteiger partial charge in [0.1, 0.15) is 0 Å². The molecule has 0 aromatic heterocycles. The Morgan fingerprint density at radius 1 is 1.12 bits per heavy atom. The molecule has 0 saturated carbocycles. The van der Waals surface area contributed by atoms with E-state index in [1.165, 1.54) is 0 Å². The van der Waals surface area contributed by atoms with Gasteiger partial charge in [0, 0.05) is 39.3 Å². The lowest BCUT2D eigenvalue weighted by molar-refractivity contribution is 0.131. The minimum Gasteiger partial charge on any atom is -0.493 e. The van der Waals surface area contributed by atoms with Gasteiger partial charge in [-0.15, -0.1) is 0 Å². The van der Waals surface area contributed by atoms with Crippen LogP contribution in [0.15, 0.2) is 18.2 Å². The van der Waals surface area contributed by atoms with Crippen LogP contribution in [0.25, 0.3) is 0 Å². The molecule has 1 heterocycles. The van der Waals surface area contributed by atoms with E-state index in [0.717, 1.165) is 38.3 Å². The first-order valence-electron chi connectivity index (χ1n) is 8.49. The summed E-state index contributed by atoms with van der Waals surface area (Å²) in [5.74, 6) is 2.02. The fourth-order valence-corrected chi connectivity index (χ4v) is 2.93. The van der Waals surface area contributed by atoms with Crippen LogP contribution in [-0.2, 0) is 6.54 Å². The minimum absolute atomic E-state index is 0.00557. The first-order chi connectivity index (χ1) is 11.5. The quantitative estimate of drug-likeness (QED) is 0.866. The molecule has 6 nitrogen and oxygen atoms in total. The first kappa shape index (κ1) is 18.4. The summed E-state index contributed by atoms with van der Waals surface area (Å²) in [7, 11) is 3.22. The number of carbonyl (C=O) groups is 1. The van der Waals surface area contributed by atoms with Crippen molar-refractivity contribution >= 4 is 6.03 Å². The molecule has 1 aliphatic heterocycles. The van der Waals surface area contributed by atoms with Crippen LogP contribution in [0.4, 0.5) is 4.79 Å². The van der Waals surface area contributed by atoms with Crippen LogP contribution in [0.2, 0.25) is 0 Å². The average molecular weight is 335 g/mol. The Bertz CT molecular complexity index is 540. The van der Waals surface area contributed by atoms with Gasteiger partial charge in [0.15, 0.2) is 11.5 Å². The summed E-state index contributed by atoms with van der Waals surface area (Å²) in [6, 6.07) is 5.67. The predicted molar refractivity (Wildman–Crippen MR) is 94.6 cm³/mol. The molecule has 2 amide bonds. The lowest BCUT2D eigenvalue weighted by atomic mass is 10.2. The van der Waals surface area contributed by atoms with E-state index in [4.69, 9.17) is 9.47 Å². The summed E-state index contributed by atoms with van der Waals surface area (Å²) in [6.07, 6.45) is 0. The fourth-order valence-electron chi connectivity index (χ4n) is 2.93. The number of piperazine rings is 1. The largest absolute Gasteiger partial charge is 0.493 e. The van der Waals surface area contributed by atoms with Gasteiger partial charge in [0.25, 0.3) is 0 Å². The van der Waals surface area contributed by atoms with Gasteiger partial charge >= 0.3 is 6.03 Å². The molecule has 0 atom stereocenters. The van der Waals surface area contributed by atoms with Crippen molar-refractivity contribution in [3.63, 3.8) is 0 Å². The lowest BCUT2D eigenvalue weighted by Crippen LogP contribution is -2.52. The highest BCUT2D eigenvalue weighted by atomic mass is 16.5. The Morgan fingerprint density at radius 3 is 2.38 bits per heavy atom. The van der Waals surface area contributed by atoms with E-state index in [1.54, 1.807) is 14.2 Å². The number of methoxy groups -OCH3 is 2. The van der Waals surface area contributed by atoms with Crippen molar-refractivity contribution in [1.29, 1.82) is 0 Å². The number of rotatable bonds is 6. The highest BCUT2D eigenvalue weighted by molar-refractivity contribution is 5.74. The number of benzene rings is 1. The molecule has 0 bridgehead atoms. The molecule has 1 aromatic rings. The van der Waals surface area contributed by atoms with Gasteiger partial charge in [0.05, 0.1) is 14.2 Å². The van der Waals surface area contributed by atoms with Crippen molar-refractivity contribution in [2.24, 2.45) is 5.92 Å². The summed E-state index contributed by atoms with van der Waals surface area (Å²) in [5.41, 5.74) is 0.986. The SMILES string of the molecule is COc1ccc(CNC(=O)N2CCN(CC(C)C)CC2)cc1OC. The zero-order chi connectivity index (χ0) is 17.5. The van der Waals surface area contributed by atoms with Gasteiger partial charge in [-0.1, -0.05) is 19.9 Å². The maximum absolute atomic E-state index is 12.3. The molecule has 24 heavy (non-hydrogen) atoms. The zero-order valence-electron chi connectivity index (χ0n) is 15.2. The normalized spacial score (nSPS) is 15.5. The zero-order valence-corrected chi connectivity index (χ0v) is 15.2. The second kappa shape index (κ2) is 8.78. The average Bonchev–Trinajstić information content (AvgIpc) is 2.59. The summed E-state index contributed by atoms with van der Waals surface area (Å²) in [6.45, 7) is 9.48. The van der Waals surface area contributed by atoms with Crippen LogP contribution in [0.3, 0.4) is 0 Å². The molecule has 0 unspecified atom stereocenters. The Morgan fingerprint density at radius 2 is 1.79 bits per heavy atom. The number of urea groups is 1. The predicted octanol–water partition coefficient (Wildman–Crippen LogP) is 2.19. The van der Waals surface area contributed by atoms with Gasteiger partial charge in [0.2, 0.25) is 0 Å². The number of carbonyl (C=O) groups excluding carboxylic acids is 1. The second-order valence-corrected chi connectivity index (χ2v) is 6.53.